The normalized spacial score (nSPS) is 10.1. The molecule has 0 fully saturated rings. The fourth-order valence-corrected chi connectivity index (χ4v) is 1.49. The maximum absolute atomic E-state index is 11.3. The molecule has 7 heteroatoms. The Morgan fingerprint density at radius 1 is 1.75 bits per heavy atom. The summed E-state index contributed by atoms with van der Waals surface area (Å²) in [5, 5.41) is 7.21. The second kappa shape index (κ2) is 5.50. The second-order valence-electron chi connectivity index (χ2n) is 3.22. The predicted octanol–water partition coefficient (Wildman–Crippen LogP) is 0.576. The van der Waals surface area contributed by atoms with Gasteiger partial charge in [-0.1, -0.05) is 11.6 Å². The number of anilines is 1. The van der Waals surface area contributed by atoms with Crippen LogP contribution in [0.15, 0.2) is 11.1 Å². The largest absolute Gasteiger partial charge is 0.388 e. The number of hydrogen-bond donors (Lipinski definition) is 3. The lowest BCUT2D eigenvalue weighted by atomic mass is 10.3. The first-order chi connectivity index (χ1) is 7.56. The third-order valence-corrected chi connectivity index (χ3v) is 2.45. The van der Waals surface area contributed by atoms with E-state index in [1.165, 1.54) is 6.33 Å². The van der Waals surface area contributed by atoms with Crippen LogP contribution in [0.2, 0.25) is 5.02 Å². The molecule has 4 N–H and O–H groups in total. The van der Waals surface area contributed by atoms with Gasteiger partial charge in [0.25, 0.3) is 5.56 Å². The van der Waals surface area contributed by atoms with E-state index in [0.717, 1.165) is 0 Å². The average Bonchev–Trinajstić information content (AvgIpc) is 2.24. The molecule has 0 unspecified atom stereocenters. The Morgan fingerprint density at radius 2 is 2.44 bits per heavy atom. The Labute approximate surface area is 97.9 Å². The summed E-state index contributed by atoms with van der Waals surface area (Å²) >= 11 is 5.85. The van der Waals surface area contributed by atoms with Gasteiger partial charge in [0, 0.05) is 19.5 Å². The number of aromatic amines is 1. The molecular formula is C9H14ClN5O. The molecule has 0 radical (unpaired) electrons. The molecule has 1 heterocycles. The number of rotatable bonds is 5. The van der Waals surface area contributed by atoms with Gasteiger partial charge < -0.3 is 15.6 Å². The maximum Gasteiger partial charge on any atom is 0.271 e. The lowest BCUT2D eigenvalue weighted by molar-refractivity contribution is 0.809. The van der Waals surface area contributed by atoms with Gasteiger partial charge in [-0.3, -0.25) is 10.2 Å². The highest BCUT2D eigenvalue weighted by atomic mass is 35.5. The summed E-state index contributed by atoms with van der Waals surface area (Å²) in [7, 11) is 0. The van der Waals surface area contributed by atoms with Gasteiger partial charge in [0.1, 0.15) is 5.02 Å². The Kier molecular flexibility index (Phi) is 4.30. The molecule has 0 atom stereocenters. The summed E-state index contributed by atoms with van der Waals surface area (Å²) in [6.07, 6.45) is 1.72. The first-order valence-corrected chi connectivity index (χ1v) is 5.25. The number of nitrogens with two attached hydrogens (primary N) is 1. The van der Waals surface area contributed by atoms with E-state index in [-0.39, 0.29) is 16.4 Å². The van der Waals surface area contributed by atoms with Gasteiger partial charge in [-0.15, -0.1) is 0 Å². The van der Waals surface area contributed by atoms with Gasteiger partial charge in [-0.2, -0.15) is 0 Å². The van der Waals surface area contributed by atoms with Crippen LogP contribution in [-0.4, -0.2) is 28.9 Å². The highest BCUT2D eigenvalue weighted by molar-refractivity contribution is 6.32. The molecule has 0 aliphatic rings. The Hall–Kier alpha value is -1.56. The predicted molar refractivity (Wildman–Crippen MR) is 64.3 cm³/mol. The van der Waals surface area contributed by atoms with E-state index >= 15 is 0 Å². The Bertz CT molecular complexity index is 430. The fraction of sp³-hybridized carbons (Fsp3) is 0.444. The minimum absolute atomic E-state index is 0.0629. The van der Waals surface area contributed by atoms with E-state index in [4.69, 9.17) is 22.7 Å². The van der Waals surface area contributed by atoms with E-state index < -0.39 is 0 Å². The van der Waals surface area contributed by atoms with E-state index in [9.17, 15) is 4.79 Å². The van der Waals surface area contributed by atoms with Gasteiger partial charge in [-0.25, -0.2) is 4.98 Å². The number of aromatic nitrogens is 2. The monoisotopic (exact) mass is 243 g/mol. The van der Waals surface area contributed by atoms with Crippen molar-refractivity contribution < 1.29 is 0 Å². The van der Waals surface area contributed by atoms with E-state index in [0.29, 0.717) is 25.3 Å². The van der Waals surface area contributed by atoms with Crippen LogP contribution >= 0.6 is 11.6 Å². The molecular weight excluding hydrogens is 230 g/mol. The zero-order chi connectivity index (χ0) is 12.1. The minimum atomic E-state index is -0.368. The molecule has 1 aromatic rings. The van der Waals surface area contributed by atoms with E-state index in [1.54, 1.807) is 4.90 Å². The van der Waals surface area contributed by atoms with Crippen molar-refractivity contribution in [2.45, 2.75) is 13.3 Å². The van der Waals surface area contributed by atoms with Crippen molar-refractivity contribution in [3.63, 3.8) is 0 Å². The molecule has 0 aliphatic heterocycles. The van der Waals surface area contributed by atoms with Gasteiger partial charge in [-0.05, 0) is 6.92 Å². The molecule has 0 saturated carbocycles. The molecule has 1 rings (SSSR count). The average molecular weight is 244 g/mol. The first-order valence-electron chi connectivity index (χ1n) is 4.87. The summed E-state index contributed by atoms with van der Waals surface area (Å²) in [6, 6.07) is 0. The molecule has 6 nitrogen and oxygen atoms in total. The fourth-order valence-electron chi connectivity index (χ4n) is 1.26. The molecule has 0 aromatic carbocycles. The van der Waals surface area contributed by atoms with Crippen LogP contribution in [0, 0.1) is 5.41 Å². The van der Waals surface area contributed by atoms with Crippen molar-refractivity contribution in [1.29, 1.82) is 5.41 Å². The van der Waals surface area contributed by atoms with Crippen molar-refractivity contribution in [1.82, 2.24) is 9.97 Å². The third-order valence-electron chi connectivity index (χ3n) is 2.11. The SMILES string of the molecule is CCN(CCC(=N)N)c1nc[nH]c(=O)c1Cl. The van der Waals surface area contributed by atoms with Gasteiger partial charge in [0.2, 0.25) is 0 Å². The van der Waals surface area contributed by atoms with Crippen molar-refractivity contribution in [2.24, 2.45) is 5.73 Å². The van der Waals surface area contributed by atoms with Crippen LogP contribution < -0.4 is 16.2 Å². The highest BCUT2D eigenvalue weighted by Gasteiger charge is 2.12. The summed E-state index contributed by atoms with van der Waals surface area (Å²) in [6.45, 7) is 3.07. The maximum atomic E-state index is 11.3. The zero-order valence-corrected chi connectivity index (χ0v) is 9.71. The van der Waals surface area contributed by atoms with Gasteiger partial charge >= 0.3 is 0 Å². The van der Waals surface area contributed by atoms with Crippen LogP contribution in [0.1, 0.15) is 13.3 Å². The van der Waals surface area contributed by atoms with Gasteiger partial charge in [0.05, 0.1) is 12.2 Å². The number of halogens is 1. The van der Waals surface area contributed by atoms with E-state index in [1.807, 2.05) is 6.92 Å². The number of nitrogens with zero attached hydrogens (tertiary/aromatic N) is 2. The summed E-state index contributed by atoms with van der Waals surface area (Å²) in [5.74, 6) is 0.522. The topological polar surface area (TPSA) is 98.9 Å². The molecule has 0 aliphatic carbocycles. The van der Waals surface area contributed by atoms with Crippen LogP contribution in [0.3, 0.4) is 0 Å². The van der Waals surface area contributed by atoms with Crippen molar-refractivity contribution in [3.05, 3.63) is 21.7 Å². The highest BCUT2D eigenvalue weighted by Crippen LogP contribution is 2.17. The molecule has 0 bridgehead atoms. The molecule has 1 aromatic heterocycles. The smallest absolute Gasteiger partial charge is 0.271 e. The third kappa shape index (κ3) is 2.96. The van der Waals surface area contributed by atoms with Crippen LogP contribution in [-0.2, 0) is 0 Å². The van der Waals surface area contributed by atoms with Crippen LogP contribution in [0.25, 0.3) is 0 Å². The standard InChI is InChI=1S/C9H14ClN5O/c1-2-15(4-3-6(11)12)8-7(10)9(16)14-5-13-8/h5H,2-4H2,1H3,(H3,11,12)(H,13,14,16). The number of nitrogens with one attached hydrogen (secondary N) is 2. The number of hydrogen-bond acceptors (Lipinski definition) is 4. The number of amidine groups is 1. The second-order valence-corrected chi connectivity index (χ2v) is 3.60. The van der Waals surface area contributed by atoms with E-state index in [2.05, 4.69) is 9.97 Å². The van der Waals surface area contributed by atoms with Crippen molar-refractivity contribution >= 4 is 23.3 Å². The molecule has 0 saturated heterocycles. The van der Waals surface area contributed by atoms with Crippen molar-refractivity contribution in [2.75, 3.05) is 18.0 Å². The number of H-pyrrole nitrogens is 1. The Morgan fingerprint density at radius 3 is 3.00 bits per heavy atom. The minimum Gasteiger partial charge on any atom is -0.388 e. The van der Waals surface area contributed by atoms with Gasteiger partial charge in [0.15, 0.2) is 5.82 Å². The summed E-state index contributed by atoms with van der Waals surface area (Å²) in [4.78, 5) is 19.5. The Balaban J connectivity index is 2.90. The summed E-state index contributed by atoms with van der Waals surface area (Å²) < 4.78 is 0. The summed E-state index contributed by atoms with van der Waals surface area (Å²) in [5.41, 5.74) is 4.91. The van der Waals surface area contributed by atoms with Crippen LogP contribution in [0.5, 0.6) is 0 Å². The lowest BCUT2D eigenvalue weighted by Crippen LogP contribution is -2.30. The zero-order valence-electron chi connectivity index (χ0n) is 8.96. The first kappa shape index (κ1) is 12.5. The lowest BCUT2D eigenvalue weighted by Gasteiger charge is -2.21. The van der Waals surface area contributed by atoms with Crippen molar-refractivity contribution in [3.8, 4) is 0 Å². The molecule has 0 amide bonds. The quantitative estimate of drug-likeness (QED) is 0.520. The molecule has 0 spiro atoms. The van der Waals surface area contributed by atoms with Crippen LogP contribution in [0.4, 0.5) is 5.82 Å². The molecule has 88 valence electrons. The molecule has 16 heavy (non-hydrogen) atoms.